The van der Waals surface area contributed by atoms with Gasteiger partial charge < -0.3 is 19.8 Å². The molecule has 0 saturated heterocycles. The van der Waals surface area contributed by atoms with Crippen LogP contribution in [0.1, 0.15) is 38.8 Å². The van der Waals surface area contributed by atoms with Crippen LogP contribution in [0.3, 0.4) is 0 Å². The summed E-state index contributed by atoms with van der Waals surface area (Å²) < 4.78 is 10.5. The number of fused-ring (bicyclic) bond motifs is 3. The zero-order chi connectivity index (χ0) is 25.1. The lowest BCUT2D eigenvalue weighted by Crippen LogP contribution is -2.22. The number of esters is 2. The maximum atomic E-state index is 12.8. The summed E-state index contributed by atoms with van der Waals surface area (Å²) >= 11 is 1.34. The summed E-state index contributed by atoms with van der Waals surface area (Å²) in [5.41, 5.74) is 4.64. The number of carbonyl (C=O) groups is 3. The van der Waals surface area contributed by atoms with Gasteiger partial charge in [0.25, 0.3) is 5.91 Å². The number of nitrogens with zero attached hydrogens (tertiary/aromatic N) is 1. The third kappa shape index (κ3) is 4.65. The quantitative estimate of drug-likeness (QED) is 0.350. The lowest BCUT2D eigenvalue weighted by molar-refractivity contribution is -0.119. The summed E-state index contributed by atoms with van der Waals surface area (Å²) in [6.07, 6.45) is 4.84. The molecule has 2 aromatic carbocycles. The molecule has 36 heavy (non-hydrogen) atoms. The topological polar surface area (TPSA) is 110 Å². The van der Waals surface area contributed by atoms with Gasteiger partial charge >= 0.3 is 11.9 Å². The van der Waals surface area contributed by atoms with Gasteiger partial charge in [-0.1, -0.05) is 36.4 Å². The van der Waals surface area contributed by atoms with Gasteiger partial charge in [0.1, 0.15) is 10.8 Å². The van der Waals surface area contributed by atoms with E-state index in [-0.39, 0.29) is 6.61 Å². The van der Waals surface area contributed by atoms with E-state index in [1.807, 2.05) is 18.2 Å². The van der Waals surface area contributed by atoms with Crippen molar-refractivity contribution < 1.29 is 23.9 Å². The highest BCUT2D eigenvalue weighted by Crippen LogP contribution is 2.45. The molecule has 0 bridgehead atoms. The molecule has 4 aromatic rings. The molecular formula is C27H23N3O5S. The fourth-order valence-corrected chi connectivity index (χ4v) is 5.53. The Hall–Kier alpha value is -4.24. The predicted octanol–water partition coefficient (Wildman–Crippen LogP) is 4.88. The van der Waals surface area contributed by atoms with Gasteiger partial charge in [0.2, 0.25) is 0 Å². The molecule has 2 aromatic heterocycles. The minimum atomic E-state index is -0.624. The van der Waals surface area contributed by atoms with Crippen LogP contribution in [0.2, 0.25) is 0 Å². The number of benzene rings is 2. The average Bonchev–Trinajstić information content (AvgIpc) is 3.56. The Kier molecular flexibility index (Phi) is 6.64. The molecule has 0 spiro atoms. The van der Waals surface area contributed by atoms with Gasteiger partial charge in [-0.25, -0.2) is 14.6 Å². The number of H-pyrrole nitrogens is 1. The molecule has 0 unspecified atom stereocenters. The fourth-order valence-electron chi connectivity index (χ4n) is 4.21. The standard InChI is InChI=1S/C27H23N3O5S/c1-2-34-27(33)22-20-12-11-16-5-3-4-6-19(16)23(20)36-25(22)30-21(31)15-35-26(32)18-9-7-17(8-10-18)24-28-13-14-29-24/h3-10,13-14H,2,11-12,15H2,1H3,(H,28,29)(H,30,31). The minimum Gasteiger partial charge on any atom is -0.462 e. The van der Waals surface area contributed by atoms with Gasteiger partial charge in [-0.2, -0.15) is 0 Å². The summed E-state index contributed by atoms with van der Waals surface area (Å²) in [4.78, 5) is 46.1. The normalized spacial score (nSPS) is 11.8. The number of nitrogens with one attached hydrogen (secondary N) is 2. The number of carbonyl (C=O) groups excluding carboxylic acids is 3. The molecule has 8 nitrogen and oxygen atoms in total. The zero-order valence-electron chi connectivity index (χ0n) is 19.5. The SMILES string of the molecule is CCOC(=O)c1c(NC(=O)COC(=O)c2ccc(-c3ncc[nH]3)cc2)sc2c1CCc1ccccc1-2. The third-order valence-electron chi connectivity index (χ3n) is 5.87. The fraction of sp³-hybridized carbons (Fsp3) is 0.185. The Bertz CT molecular complexity index is 1420. The van der Waals surface area contributed by atoms with E-state index in [0.29, 0.717) is 28.4 Å². The van der Waals surface area contributed by atoms with Gasteiger partial charge in [-0.3, -0.25) is 4.79 Å². The molecule has 5 rings (SSSR count). The van der Waals surface area contributed by atoms with Crippen LogP contribution >= 0.6 is 11.3 Å². The number of imidazole rings is 1. The van der Waals surface area contributed by atoms with Crippen molar-refractivity contribution in [3.05, 3.63) is 83.2 Å². The highest BCUT2D eigenvalue weighted by molar-refractivity contribution is 7.20. The molecule has 1 amide bonds. The molecule has 182 valence electrons. The highest BCUT2D eigenvalue weighted by Gasteiger charge is 2.29. The van der Waals surface area contributed by atoms with Gasteiger partial charge in [0.15, 0.2) is 6.61 Å². The molecule has 0 fully saturated rings. The second-order valence-electron chi connectivity index (χ2n) is 8.13. The van der Waals surface area contributed by atoms with Crippen LogP contribution in [0.15, 0.2) is 60.9 Å². The zero-order valence-corrected chi connectivity index (χ0v) is 20.3. The third-order valence-corrected chi connectivity index (χ3v) is 7.05. The number of aromatic nitrogens is 2. The van der Waals surface area contributed by atoms with Crippen LogP contribution in [0.4, 0.5) is 5.00 Å². The van der Waals surface area contributed by atoms with Crippen LogP contribution < -0.4 is 5.32 Å². The van der Waals surface area contributed by atoms with Crippen molar-refractivity contribution in [1.82, 2.24) is 9.97 Å². The van der Waals surface area contributed by atoms with E-state index in [1.165, 1.54) is 16.9 Å². The van der Waals surface area contributed by atoms with E-state index in [2.05, 4.69) is 21.4 Å². The number of hydrogen-bond acceptors (Lipinski definition) is 7. The molecule has 9 heteroatoms. The Labute approximate surface area is 211 Å². The van der Waals surface area contributed by atoms with E-state index in [0.717, 1.165) is 28.0 Å². The lowest BCUT2D eigenvalue weighted by atomic mass is 9.89. The second kappa shape index (κ2) is 10.2. The molecule has 2 N–H and O–H groups in total. The monoisotopic (exact) mass is 501 g/mol. The molecule has 0 radical (unpaired) electrons. The number of amides is 1. The van der Waals surface area contributed by atoms with Crippen molar-refractivity contribution in [1.29, 1.82) is 0 Å². The van der Waals surface area contributed by atoms with Crippen LogP contribution in [0.25, 0.3) is 21.8 Å². The number of hydrogen-bond donors (Lipinski definition) is 2. The Morgan fingerprint density at radius 3 is 2.58 bits per heavy atom. The number of anilines is 1. The summed E-state index contributed by atoms with van der Waals surface area (Å²) in [5.74, 6) is -0.944. The van der Waals surface area contributed by atoms with Crippen molar-refractivity contribution in [2.75, 3.05) is 18.5 Å². The highest BCUT2D eigenvalue weighted by atomic mass is 32.1. The smallest absolute Gasteiger partial charge is 0.341 e. The number of ether oxygens (including phenoxy) is 2. The maximum Gasteiger partial charge on any atom is 0.341 e. The molecular weight excluding hydrogens is 478 g/mol. The minimum absolute atomic E-state index is 0.226. The lowest BCUT2D eigenvalue weighted by Gasteiger charge is -2.16. The van der Waals surface area contributed by atoms with Crippen molar-refractivity contribution in [2.24, 2.45) is 0 Å². The van der Waals surface area contributed by atoms with Crippen LogP contribution in [0.5, 0.6) is 0 Å². The first-order valence-electron chi connectivity index (χ1n) is 11.5. The van der Waals surface area contributed by atoms with Crippen molar-refractivity contribution >= 4 is 34.2 Å². The van der Waals surface area contributed by atoms with E-state index in [1.54, 1.807) is 43.6 Å². The first kappa shape index (κ1) is 23.5. The van der Waals surface area contributed by atoms with E-state index in [9.17, 15) is 14.4 Å². The van der Waals surface area contributed by atoms with Gasteiger partial charge in [-0.05, 0) is 48.6 Å². The molecule has 0 atom stereocenters. The van der Waals surface area contributed by atoms with Crippen LogP contribution in [0, 0.1) is 0 Å². The molecule has 2 heterocycles. The van der Waals surface area contributed by atoms with Gasteiger partial charge in [-0.15, -0.1) is 11.3 Å². The van der Waals surface area contributed by atoms with Crippen molar-refractivity contribution in [2.45, 2.75) is 19.8 Å². The number of rotatable bonds is 7. The number of aryl methyl sites for hydroxylation is 1. The van der Waals surface area contributed by atoms with Gasteiger partial charge in [0.05, 0.1) is 17.7 Å². The van der Waals surface area contributed by atoms with E-state index in [4.69, 9.17) is 9.47 Å². The van der Waals surface area contributed by atoms with Crippen LogP contribution in [-0.4, -0.2) is 41.0 Å². The second-order valence-corrected chi connectivity index (χ2v) is 9.15. The number of thiophene rings is 1. The van der Waals surface area contributed by atoms with Crippen molar-refractivity contribution in [3.63, 3.8) is 0 Å². The molecule has 0 saturated carbocycles. The Morgan fingerprint density at radius 1 is 1.03 bits per heavy atom. The first-order chi connectivity index (χ1) is 17.5. The number of aromatic amines is 1. The summed E-state index contributed by atoms with van der Waals surface area (Å²) in [6, 6.07) is 14.7. The van der Waals surface area contributed by atoms with E-state index < -0.39 is 24.5 Å². The summed E-state index contributed by atoms with van der Waals surface area (Å²) in [7, 11) is 0. The molecule has 1 aliphatic rings. The van der Waals surface area contributed by atoms with Gasteiger partial charge in [0, 0.05) is 22.8 Å². The van der Waals surface area contributed by atoms with Crippen molar-refractivity contribution in [3.8, 4) is 21.8 Å². The molecule has 1 aliphatic carbocycles. The maximum absolute atomic E-state index is 12.8. The Morgan fingerprint density at radius 2 is 1.83 bits per heavy atom. The largest absolute Gasteiger partial charge is 0.462 e. The van der Waals surface area contributed by atoms with Crippen LogP contribution in [-0.2, 0) is 27.1 Å². The summed E-state index contributed by atoms with van der Waals surface area (Å²) in [5, 5.41) is 3.16. The van der Waals surface area contributed by atoms with E-state index >= 15 is 0 Å². The molecule has 0 aliphatic heterocycles. The first-order valence-corrected chi connectivity index (χ1v) is 12.3. The predicted molar refractivity (Wildman–Crippen MR) is 136 cm³/mol. The Balaban J connectivity index is 1.30. The summed E-state index contributed by atoms with van der Waals surface area (Å²) in [6.45, 7) is 1.48. The average molecular weight is 502 g/mol.